The van der Waals surface area contributed by atoms with Gasteiger partial charge in [0.15, 0.2) is 5.82 Å². The van der Waals surface area contributed by atoms with Crippen LogP contribution in [0.25, 0.3) is 61.4 Å². The zero-order chi connectivity index (χ0) is 25.5. The van der Waals surface area contributed by atoms with Gasteiger partial charge in [-0.05, 0) is 43.3 Å². The van der Waals surface area contributed by atoms with Crippen molar-refractivity contribution in [3.8, 4) is 39.6 Å². The van der Waals surface area contributed by atoms with Crippen LogP contribution < -0.4 is 0 Å². The second-order valence-corrected chi connectivity index (χ2v) is 9.61. The van der Waals surface area contributed by atoms with Gasteiger partial charge >= 0.3 is 0 Å². The lowest BCUT2D eigenvalue weighted by molar-refractivity contribution is 1.17. The molecule has 0 spiro atoms. The fourth-order valence-corrected chi connectivity index (χ4v) is 5.25. The Morgan fingerprint density at radius 2 is 1.05 bits per heavy atom. The van der Waals surface area contributed by atoms with Crippen LogP contribution in [-0.2, 0) is 0 Å². The lowest BCUT2D eigenvalue weighted by Gasteiger charge is -2.11. The van der Waals surface area contributed by atoms with Crippen molar-refractivity contribution in [1.82, 2.24) is 14.5 Å². The first-order valence-corrected chi connectivity index (χ1v) is 12.9. The summed E-state index contributed by atoms with van der Waals surface area (Å²) in [6, 6.07) is 46.6. The van der Waals surface area contributed by atoms with E-state index in [0.29, 0.717) is 0 Å². The van der Waals surface area contributed by atoms with Gasteiger partial charge in [-0.2, -0.15) is 0 Å². The van der Waals surface area contributed by atoms with Crippen LogP contribution in [-0.4, -0.2) is 14.5 Å². The predicted molar refractivity (Wildman–Crippen MR) is 157 cm³/mol. The Labute approximate surface area is 221 Å². The lowest BCUT2D eigenvalue weighted by atomic mass is 10.0. The van der Waals surface area contributed by atoms with Crippen molar-refractivity contribution < 1.29 is 0 Å². The highest BCUT2D eigenvalue weighted by Gasteiger charge is 2.13. The average molecular weight is 488 g/mol. The minimum Gasteiger partial charge on any atom is -0.309 e. The molecule has 2 heterocycles. The molecule has 0 saturated carbocycles. The Morgan fingerprint density at radius 3 is 1.71 bits per heavy atom. The number of hydrogen-bond donors (Lipinski definition) is 0. The molecule has 0 N–H and O–H groups in total. The van der Waals surface area contributed by atoms with E-state index in [1.807, 2.05) is 18.2 Å². The molecule has 0 aliphatic carbocycles. The zero-order valence-corrected chi connectivity index (χ0v) is 21.0. The highest BCUT2D eigenvalue weighted by molar-refractivity contribution is 6.09. The molecule has 0 saturated heterocycles. The summed E-state index contributed by atoms with van der Waals surface area (Å²) in [7, 11) is 0. The van der Waals surface area contributed by atoms with E-state index in [2.05, 4.69) is 127 Å². The topological polar surface area (TPSA) is 30.7 Å². The van der Waals surface area contributed by atoms with Gasteiger partial charge in [-0.1, -0.05) is 103 Å². The monoisotopic (exact) mass is 487 g/mol. The molecule has 38 heavy (non-hydrogen) atoms. The third-order valence-corrected chi connectivity index (χ3v) is 7.07. The minimum atomic E-state index is 0.728. The van der Waals surface area contributed by atoms with E-state index in [-0.39, 0.29) is 0 Å². The minimum absolute atomic E-state index is 0.728. The van der Waals surface area contributed by atoms with Gasteiger partial charge in [0, 0.05) is 33.2 Å². The van der Waals surface area contributed by atoms with E-state index in [4.69, 9.17) is 9.97 Å². The maximum Gasteiger partial charge on any atom is 0.160 e. The summed E-state index contributed by atoms with van der Waals surface area (Å²) in [6.07, 6.45) is 0. The van der Waals surface area contributed by atoms with E-state index < -0.39 is 0 Å². The van der Waals surface area contributed by atoms with Crippen molar-refractivity contribution >= 4 is 21.8 Å². The average Bonchev–Trinajstić information content (AvgIpc) is 3.32. The number of fused-ring (bicyclic) bond motifs is 3. The van der Waals surface area contributed by atoms with Gasteiger partial charge < -0.3 is 4.57 Å². The first kappa shape index (κ1) is 22.2. The van der Waals surface area contributed by atoms with Crippen molar-refractivity contribution in [2.45, 2.75) is 6.92 Å². The Balaban J connectivity index is 1.37. The summed E-state index contributed by atoms with van der Waals surface area (Å²) >= 11 is 0. The molecular weight excluding hydrogens is 462 g/mol. The van der Waals surface area contributed by atoms with Crippen LogP contribution in [0.15, 0.2) is 133 Å². The van der Waals surface area contributed by atoms with E-state index >= 15 is 0 Å². The smallest absolute Gasteiger partial charge is 0.160 e. The third-order valence-electron chi connectivity index (χ3n) is 7.07. The maximum absolute atomic E-state index is 5.00. The van der Waals surface area contributed by atoms with Crippen LogP contribution in [0.2, 0.25) is 0 Å². The molecule has 2 aromatic heterocycles. The van der Waals surface area contributed by atoms with Gasteiger partial charge in [0.2, 0.25) is 0 Å². The molecule has 7 rings (SSSR count). The number of hydrogen-bond acceptors (Lipinski definition) is 2. The first-order valence-electron chi connectivity index (χ1n) is 12.9. The van der Waals surface area contributed by atoms with Crippen molar-refractivity contribution in [3.63, 3.8) is 0 Å². The summed E-state index contributed by atoms with van der Waals surface area (Å²) in [4.78, 5) is 9.95. The van der Waals surface area contributed by atoms with Gasteiger partial charge in [-0.25, -0.2) is 9.97 Å². The molecule has 0 atom stereocenters. The van der Waals surface area contributed by atoms with Gasteiger partial charge in [0.05, 0.1) is 22.4 Å². The normalized spacial score (nSPS) is 11.3. The molecule has 180 valence electrons. The zero-order valence-electron chi connectivity index (χ0n) is 21.0. The molecule has 3 heteroatoms. The van der Waals surface area contributed by atoms with E-state index in [9.17, 15) is 0 Å². The maximum atomic E-state index is 5.00. The molecule has 0 amide bonds. The number of para-hydroxylation sites is 2. The van der Waals surface area contributed by atoms with Gasteiger partial charge in [-0.3, -0.25) is 0 Å². The van der Waals surface area contributed by atoms with E-state index in [1.165, 1.54) is 27.4 Å². The van der Waals surface area contributed by atoms with E-state index in [1.54, 1.807) is 0 Å². The van der Waals surface area contributed by atoms with E-state index in [0.717, 1.165) is 39.6 Å². The van der Waals surface area contributed by atoms with Crippen molar-refractivity contribution in [2.75, 3.05) is 0 Å². The van der Waals surface area contributed by atoms with Gasteiger partial charge in [-0.15, -0.1) is 0 Å². The number of nitrogens with zero attached hydrogens (tertiary/aromatic N) is 3. The van der Waals surface area contributed by atoms with Gasteiger partial charge in [0.1, 0.15) is 0 Å². The first-order chi connectivity index (χ1) is 18.7. The molecular formula is C35H25N3. The standard InChI is InChI=1S/C35H25N3/c1-24-10-9-13-27(22-24)32-23-31(36-35(37-32)26-11-3-2-4-12-26)25-18-20-28(21-19-25)38-33-16-7-5-14-29(33)30-15-6-8-17-34(30)38/h2-23H,1H3. The largest absolute Gasteiger partial charge is 0.309 e. The number of benzene rings is 5. The molecule has 0 fully saturated rings. The van der Waals surface area contributed by atoms with Crippen LogP contribution >= 0.6 is 0 Å². The number of rotatable bonds is 4. The van der Waals surface area contributed by atoms with Crippen LogP contribution in [0.1, 0.15) is 5.56 Å². The Hall–Kier alpha value is -5.02. The van der Waals surface area contributed by atoms with Crippen molar-refractivity contribution in [3.05, 3.63) is 139 Å². The van der Waals surface area contributed by atoms with Crippen LogP contribution in [0, 0.1) is 6.92 Å². The molecule has 0 unspecified atom stereocenters. The summed E-state index contributed by atoms with van der Waals surface area (Å²) in [5, 5.41) is 2.52. The Morgan fingerprint density at radius 1 is 0.474 bits per heavy atom. The molecule has 7 aromatic rings. The van der Waals surface area contributed by atoms with Crippen LogP contribution in [0.4, 0.5) is 0 Å². The van der Waals surface area contributed by atoms with Crippen LogP contribution in [0.5, 0.6) is 0 Å². The molecule has 0 aliphatic heterocycles. The SMILES string of the molecule is Cc1cccc(-c2cc(-c3ccc(-n4c5ccccc5c5ccccc54)cc3)nc(-c3ccccc3)n2)c1. The quantitative estimate of drug-likeness (QED) is 0.248. The molecule has 0 aliphatic rings. The number of aromatic nitrogens is 3. The fraction of sp³-hybridized carbons (Fsp3) is 0.0286. The summed E-state index contributed by atoms with van der Waals surface area (Å²) in [5.74, 6) is 0.728. The summed E-state index contributed by atoms with van der Waals surface area (Å²) in [6.45, 7) is 2.11. The van der Waals surface area contributed by atoms with Crippen molar-refractivity contribution in [1.29, 1.82) is 0 Å². The molecule has 3 nitrogen and oxygen atoms in total. The van der Waals surface area contributed by atoms with Crippen LogP contribution in [0.3, 0.4) is 0 Å². The van der Waals surface area contributed by atoms with Gasteiger partial charge in [0.25, 0.3) is 0 Å². The molecule has 5 aromatic carbocycles. The lowest BCUT2D eigenvalue weighted by Crippen LogP contribution is -1.97. The summed E-state index contributed by atoms with van der Waals surface area (Å²) < 4.78 is 2.34. The Kier molecular flexibility index (Phi) is 5.33. The highest BCUT2D eigenvalue weighted by Crippen LogP contribution is 2.33. The Bertz CT molecular complexity index is 1860. The number of aryl methyl sites for hydroxylation is 1. The predicted octanol–water partition coefficient (Wildman–Crippen LogP) is 8.88. The highest BCUT2D eigenvalue weighted by atomic mass is 15.0. The second kappa shape index (κ2) is 9.13. The van der Waals surface area contributed by atoms with Crippen molar-refractivity contribution in [2.24, 2.45) is 0 Å². The fourth-order valence-electron chi connectivity index (χ4n) is 5.25. The molecule has 0 radical (unpaired) electrons. The third kappa shape index (κ3) is 3.86. The molecule has 0 bridgehead atoms. The second-order valence-electron chi connectivity index (χ2n) is 9.61. The summed E-state index contributed by atoms with van der Waals surface area (Å²) in [5.41, 5.74) is 9.73.